The Labute approximate surface area is 211 Å². The summed E-state index contributed by atoms with van der Waals surface area (Å²) in [5, 5.41) is 0. The monoisotopic (exact) mass is 511 g/mol. The van der Waals surface area contributed by atoms with Crippen LogP contribution in [0.5, 0.6) is 5.75 Å². The highest BCUT2D eigenvalue weighted by atomic mass is 32.2. The van der Waals surface area contributed by atoms with Gasteiger partial charge in [-0.05, 0) is 60.5 Å². The van der Waals surface area contributed by atoms with Crippen molar-refractivity contribution in [3.8, 4) is 16.9 Å². The minimum absolute atomic E-state index is 0.250. The lowest BCUT2D eigenvalue weighted by atomic mass is 10.0. The number of carbonyl (C=O) groups is 1. The Balaban J connectivity index is 1.33. The van der Waals surface area contributed by atoms with Crippen molar-refractivity contribution in [1.29, 1.82) is 0 Å². The normalized spacial score (nSPS) is 14.5. The van der Waals surface area contributed by atoms with Gasteiger partial charge in [-0.3, -0.25) is 9.69 Å². The summed E-state index contributed by atoms with van der Waals surface area (Å²) in [5.41, 5.74) is 3.53. The lowest BCUT2D eigenvalue weighted by molar-refractivity contribution is 0.0981. The highest BCUT2D eigenvalue weighted by Gasteiger charge is 2.19. The number of ether oxygens (including phenoxy) is 1. The van der Waals surface area contributed by atoms with Gasteiger partial charge in [0.2, 0.25) is 10.0 Å². The molecular weight excluding hydrogens is 481 g/mol. The third-order valence-corrected chi connectivity index (χ3v) is 6.60. The maximum absolute atomic E-state index is 14.9. The average molecular weight is 512 g/mol. The molecule has 0 aromatic heterocycles. The zero-order valence-electron chi connectivity index (χ0n) is 20.4. The minimum Gasteiger partial charge on any atom is -0.494 e. The Kier molecular flexibility index (Phi) is 7.91. The van der Waals surface area contributed by atoms with E-state index in [1.807, 2.05) is 60.2 Å². The fraction of sp³-hybridized carbons (Fsp3) is 0.296. The van der Waals surface area contributed by atoms with E-state index in [1.165, 1.54) is 0 Å². The summed E-state index contributed by atoms with van der Waals surface area (Å²) in [4.78, 5) is 16.5. The number of halogens is 1. The third kappa shape index (κ3) is 6.61. The molecule has 3 aromatic carbocycles. The minimum atomic E-state index is -3.60. The molecule has 36 heavy (non-hydrogen) atoms. The van der Waals surface area contributed by atoms with Gasteiger partial charge in [0.1, 0.15) is 11.6 Å². The number of piperazine rings is 1. The van der Waals surface area contributed by atoms with Crippen LogP contribution >= 0.6 is 0 Å². The number of anilines is 1. The van der Waals surface area contributed by atoms with Crippen molar-refractivity contribution in [2.75, 3.05) is 43.9 Å². The Hall–Kier alpha value is -3.43. The van der Waals surface area contributed by atoms with Crippen LogP contribution in [0.4, 0.5) is 10.1 Å². The first-order valence-electron chi connectivity index (χ1n) is 11.8. The van der Waals surface area contributed by atoms with Crippen molar-refractivity contribution in [1.82, 2.24) is 9.62 Å². The first-order valence-corrected chi connectivity index (χ1v) is 13.7. The largest absolute Gasteiger partial charge is 0.494 e. The van der Waals surface area contributed by atoms with Gasteiger partial charge in [0, 0.05) is 49.5 Å². The zero-order chi connectivity index (χ0) is 25.7. The smallest absolute Gasteiger partial charge is 0.264 e. The fourth-order valence-corrected chi connectivity index (χ4v) is 4.74. The molecule has 0 atom stereocenters. The Morgan fingerprint density at radius 3 is 2.36 bits per heavy atom. The summed E-state index contributed by atoms with van der Waals surface area (Å²) >= 11 is 0. The number of hydrogen-bond donors (Lipinski definition) is 1. The van der Waals surface area contributed by atoms with E-state index in [2.05, 4.69) is 9.80 Å². The predicted octanol–water partition coefficient (Wildman–Crippen LogP) is 3.90. The molecule has 0 saturated carbocycles. The van der Waals surface area contributed by atoms with Crippen LogP contribution in [0.1, 0.15) is 22.8 Å². The first-order chi connectivity index (χ1) is 17.2. The van der Waals surface area contributed by atoms with Crippen LogP contribution in [0.15, 0.2) is 66.7 Å². The molecule has 3 aromatic rings. The molecule has 7 nitrogen and oxygen atoms in total. The van der Waals surface area contributed by atoms with Crippen LogP contribution in [-0.2, 0) is 16.6 Å². The fourth-order valence-electron chi connectivity index (χ4n) is 4.28. The van der Waals surface area contributed by atoms with Crippen molar-refractivity contribution in [2.45, 2.75) is 13.5 Å². The number of benzene rings is 3. The molecule has 1 amide bonds. The second-order valence-electron chi connectivity index (χ2n) is 8.79. The summed E-state index contributed by atoms with van der Waals surface area (Å²) in [5.74, 6) is -0.169. The van der Waals surface area contributed by atoms with E-state index in [9.17, 15) is 17.6 Å². The van der Waals surface area contributed by atoms with Gasteiger partial charge < -0.3 is 9.64 Å². The Morgan fingerprint density at radius 2 is 1.72 bits per heavy atom. The number of nitrogens with one attached hydrogen (secondary N) is 1. The summed E-state index contributed by atoms with van der Waals surface area (Å²) in [6.45, 7) is 6.36. The van der Waals surface area contributed by atoms with Crippen molar-refractivity contribution in [3.05, 3.63) is 83.7 Å². The van der Waals surface area contributed by atoms with E-state index in [0.29, 0.717) is 18.7 Å². The van der Waals surface area contributed by atoms with E-state index in [4.69, 9.17) is 4.74 Å². The maximum Gasteiger partial charge on any atom is 0.264 e. The topological polar surface area (TPSA) is 79.0 Å². The first kappa shape index (κ1) is 25.7. The molecule has 1 heterocycles. The van der Waals surface area contributed by atoms with E-state index >= 15 is 0 Å². The van der Waals surface area contributed by atoms with Crippen molar-refractivity contribution >= 4 is 21.6 Å². The molecule has 0 unspecified atom stereocenters. The molecule has 0 spiro atoms. The van der Waals surface area contributed by atoms with E-state index in [-0.39, 0.29) is 11.4 Å². The van der Waals surface area contributed by atoms with Gasteiger partial charge in [-0.2, -0.15) is 0 Å². The molecule has 1 aliphatic heterocycles. The van der Waals surface area contributed by atoms with Gasteiger partial charge in [-0.1, -0.05) is 24.3 Å². The lowest BCUT2D eigenvalue weighted by Crippen LogP contribution is -2.46. The molecule has 0 aliphatic carbocycles. The molecule has 1 saturated heterocycles. The Bertz CT molecular complexity index is 1320. The van der Waals surface area contributed by atoms with Crippen molar-refractivity contribution in [3.63, 3.8) is 0 Å². The van der Waals surface area contributed by atoms with E-state index in [0.717, 1.165) is 55.0 Å². The molecule has 4 rings (SSSR count). The lowest BCUT2D eigenvalue weighted by Gasteiger charge is -2.36. The molecule has 1 aliphatic rings. The molecular formula is C27H30FN3O4S. The molecule has 0 radical (unpaired) electrons. The van der Waals surface area contributed by atoms with Crippen LogP contribution in [0.25, 0.3) is 11.1 Å². The number of sulfonamides is 1. The summed E-state index contributed by atoms with van der Waals surface area (Å²) in [7, 11) is -3.60. The predicted molar refractivity (Wildman–Crippen MR) is 139 cm³/mol. The highest BCUT2D eigenvalue weighted by Crippen LogP contribution is 2.27. The van der Waals surface area contributed by atoms with E-state index in [1.54, 1.807) is 18.2 Å². The second-order valence-corrected chi connectivity index (χ2v) is 10.5. The number of nitrogens with zero attached hydrogens (tertiary/aromatic N) is 2. The van der Waals surface area contributed by atoms with Gasteiger partial charge in [0.15, 0.2) is 0 Å². The highest BCUT2D eigenvalue weighted by molar-refractivity contribution is 7.89. The number of hydrogen-bond acceptors (Lipinski definition) is 6. The number of carbonyl (C=O) groups excluding carboxylic acids is 1. The standard InChI is InChI=1S/C27H30FN3O4S/c1-3-35-24-6-4-5-22(18-24)25-12-7-20(17-26(25)28)19-30-13-15-31(16-14-30)23-10-8-21(9-11-23)27(32)29-36(2,33)34/h4-12,17-18H,3,13-16,19H2,1-2H3,(H,29,32). The molecule has 190 valence electrons. The van der Waals surface area contributed by atoms with Gasteiger partial charge in [0.05, 0.1) is 12.9 Å². The SMILES string of the molecule is CCOc1cccc(-c2ccc(CN3CCN(c4ccc(C(=O)NS(C)(=O)=O)cc4)CC3)cc2F)c1. The van der Waals surface area contributed by atoms with E-state index < -0.39 is 15.9 Å². The van der Waals surface area contributed by atoms with Crippen LogP contribution < -0.4 is 14.4 Å². The summed E-state index contributed by atoms with van der Waals surface area (Å²) in [6.07, 6.45) is 0.948. The second kappa shape index (κ2) is 11.1. The molecule has 0 bridgehead atoms. The van der Waals surface area contributed by atoms with Crippen molar-refractivity contribution in [2.24, 2.45) is 0 Å². The van der Waals surface area contributed by atoms with Gasteiger partial charge in [-0.15, -0.1) is 0 Å². The summed E-state index contributed by atoms with van der Waals surface area (Å²) in [6, 6.07) is 19.8. The molecule has 1 N–H and O–H groups in total. The van der Waals surface area contributed by atoms with Crippen LogP contribution in [0, 0.1) is 5.82 Å². The third-order valence-electron chi connectivity index (χ3n) is 6.04. The quantitative estimate of drug-likeness (QED) is 0.494. The van der Waals surface area contributed by atoms with Gasteiger partial charge in [-0.25, -0.2) is 17.5 Å². The number of rotatable bonds is 8. The van der Waals surface area contributed by atoms with Gasteiger partial charge in [0.25, 0.3) is 5.91 Å². The molecule has 9 heteroatoms. The summed E-state index contributed by atoms with van der Waals surface area (Å²) < 4.78 is 45.0. The number of amides is 1. The van der Waals surface area contributed by atoms with Crippen LogP contribution in [0.3, 0.4) is 0 Å². The van der Waals surface area contributed by atoms with Crippen LogP contribution in [-0.4, -0.2) is 58.3 Å². The average Bonchev–Trinajstić information content (AvgIpc) is 2.84. The maximum atomic E-state index is 14.9. The van der Waals surface area contributed by atoms with Crippen molar-refractivity contribution < 1.29 is 22.3 Å². The molecule has 1 fully saturated rings. The Morgan fingerprint density at radius 1 is 1.00 bits per heavy atom. The van der Waals surface area contributed by atoms with Gasteiger partial charge >= 0.3 is 0 Å². The van der Waals surface area contributed by atoms with Crippen LogP contribution in [0.2, 0.25) is 0 Å². The zero-order valence-corrected chi connectivity index (χ0v) is 21.2.